The van der Waals surface area contributed by atoms with Gasteiger partial charge in [0.1, 0.15) is 5.75 Å². The molecule has 10 nitrogen and oxygen atoms in total. The summed E-state index contributed by atoms with van der Waals surface area (Å²) in [7, 11) is -1.90. The van der Waals surface area contributed by atoms with Crippen molar-refractivity contribution in [3.63, 3.8) is 0 Å². The van der Waals surface area contributed by atoms with Gasteiger partial charge in [-0.25, -0.2) is 12.7 Å². The quantitative estimate of drug-likeness (QED) is 0.490. The number of benzene rings is 1. The smallest absolute Gasteiger partial charge is 0.258 e. The minimum absolute atomic E-state index is 0.0295. The van der Waals surface area contributed by atoms with Crippen molar-refractivity contribution in [2.45, 2.75) is 90.4 Å². The van der Waals surface area contributed by atoms with Crippen molar-refractivity contribution in [3.8, 4) is 5.75 Å². The Labute approximate surface area is 245 Å². The van der Waals surface area contributed by atoms with Crippen LogP contribution in [-0.2, 0) is 19.6 Å². The molecule has 1 aliphatic heterocycles. The molecule has 2 amide bonds. The molecule has 0 saturated heterocycles. The summed E-state index contributed by atoms with van der Waals surface area (Å²) >= 11 is 0. The van der Waals surface area contributed by atoms with Crippen LogP contribution >= 0.6 is 0 Å². The average Bonchev–Trinajstić information content (AvgIpc) is 2.94. The van der Waals surface area contributed by atoms with Crippen molar-refractivity contribution in [2.24, 2.45) is 11.8 Å². The van der Waals surface area contributed by atoms with Gasteiger partial charge >= 0.3 is 0 Å². The molecule has 3 rings (SSSR count). The van der Waals surface area contributed by atoms with Crippen molar-refractivity contribution in [1.82, 2.24) is 9.21 Å². The van der Waals surface area contributed by atoms with Gasteiger partial charge in [0.05, 0.1) is 36.7 Å². The largest absolute Gasteiger partial charge is 0.490 e. The topological polar surface area (TPSA) is 125 Å². The first kappa shape index (κ1) is 33.3. The van der Waals surface area contributed by atoms with E-state index in [1.54, 1.807) is 30.0 Å². The number of amides is 2. The van der Waals surface area contributed by atoms with Gasteiger partial charge in [0.15, 0.2) is 0 Å². The molecule has 11 heteroatoms. The Morgan fingerprint density at radius 3 is 2.49 bits per heavy atom. The zero-order chi connectivity index (χ0) is 30.2. The van der Waals surface area contributed by atoms with Gasteiger partial charge in [0, 0.05) is 44.3 Å². The van der Waals surface area contributed by atoms with E-state index >= 15 is 0 Å². The molecule has 1 fully saturated rings. The summed E-state index contributed by atoms with van der Waals surface area (Å²) in [5, 5.41) is 13.1. The number of sulfonamides is 1. The Balaban J connectivity index is 1.95. The number of likely N-dealkylation sites (N-methyl/N-ethyl adjacent to an activating group) is 1. The van der Waals surface area contributed by atoms with Crippen LogP contribution in [0.15, 0.2) is 18.2 Å². The van der Waals surface area contributed by atoms with Gasteiger partial charge in [-0.1, -0.05) is 26.2 Å². The number of nitrogens with one attached hydrogen (secondary N) is 1. The number of carbonyl (C=O) groups is 2. The molecule has 2 aliphatic rings. The van der Waals surface area contributed by atoms with Gasteiger partial charge in [0.2, 0.25) is 15.9 Å². The van der Waals surface area contributed by atoms with Crippen molar-refractivity contribution >= 4 is 27.5 Å². The normalized spacial score (nSPS) is 24.7. The van der Waals surface area contributed by atoms with E-state index < -0.39 is 22.2 Å². The van der Waals surface area contributed by atoms with Crippen LogP contribution in [0.2, 0.25) is 0 Å². The second-order valence-electron chi connectivity index (χ2n) is 11.9. The van der Waals surface area contributed by atoms with Crippen LogP contribution in [0.3, 0.4) is 0 Å². The maximum atomic E-state index is 14.2. The van der Waals surface area contributed by atoms with Gasteiger partial charge < -0.3 is 24.8 Å². The molecule has 4 atom stereocenters. The van der Waals surface area contributed by atoms with Crippen LogP contribution in [0.5, 0.6) is 5.75 Å². The van der Waals surface area contributed by atoms with Gasteiger partial charge in [-0.15, -0.1) is 0 Å². The molecule has 232 valence electrons. The van der Waals surface area contributed by atoms with Crippen LogP contribution in [0.1, 0.15) is 82.5 Å². The molecule has 0 radical (unpaired) electrons. The van der Waals surface area contributed by atoms with Crippen molar-refractivity contribution in [1.29, 1.82) is 0 Å². The SMILES string of the molecule is C[C@H]1CCCCO[C@H](CN(C)S(C)(=O)=O)[C@@H](C)CN([C@@H](C)CO)C(=O)c2cc(NC(=O)C3CCCCC3)ccc2O1. The molecule has 2 N–H and O–H groups in total. The van der Waals surface area contributed by atoms with E-state index in [0.717, 1.165) is 57.6 Å². The second kappa shape index (κ2) is 15.3. The molecule has 1 aromatic carbocycles. The summed E-state index contributed by atoms with van der Waals surface area (Å²) in [6.45, 7) is 6.25. The van der Waals surface area contributed by atoms with E-state index in [1.165, 1.54) is 11.4 Å². The number of ether oxygens (including phenoxy) is 2. The van der Waals surface area contributed by atoms with Crippen LogP contribution in [0, 0.1) is 11.8 Å². The number of hydrogen-bond donors (Lipinski definition) is 2. The Bertz CT molecular complexity index is 1120. The second-order valence-corrected chi connectivity index (χ2v) is 14.0. The molecule has 0 spiro atoms. The minimum atomic E-state index is -3.42. The molecule has 0 aromatic heterocycles. The summed E-state index contributed by atoms with van der Waals surface area (Å²) in [6, 6.07) is 4.67. The van der Waals surface area contributed by atoms with E-state index in [2.05, 4.69) is 5.32 Å². The lowest BCUT2D eigenvalue weighted by atomic mass is 9.88. The fourth-order valence-corrected chi connectivity index (χ4v) is 5.88. The highest BCUT2D eigenvalue weighted by molar-refractivity contribution is 7.88. The maximum Gasteiger partial charge on any atom is 0.258 e. The highest BCUT2D eigenvalue weighted by Crippen LogP contribution is 2.30. The molecule has 1 aromatic rings. The van der Waals surface area contributed by atoms with Gasteiger partial charge in [0.25, 0.3) is 5.91 Å². The number of rotatable bonds is 7. The summed E-state index contributed by atoms with van der Waals surface area (Å²) in [6.07, 6.45) is 7.90. The van der Waals surface area contributed by atoms with E-state index in [-0.39, 0.29) is 49.5 Å². The first-order chi connectivity index (χ1) is 19.4. The standard InChI is InChI=1S/C30H49N3O7S/c1-21-18-33(22(2)20-34)30(36)26-17-25(31-29(35)24-12-7-6-8-13-24)14-15-27(26)40-23(3)11-9-10-16-39-28(21)19-32(4)41(5,37)38/h14-15,17,21-24,28,34H,6-13,16,18-20H2,1-5H3,(H,31,35)/t21-,22-,23-,28+/m0/s1. The summed E-state index contributed by atoms with van der Waals surface area (Å²) < 4.78 is 38.0. The Morgan fingerprint density at radius 2 is 1.83 bits per heavy atom. The zero-order valence-electron chi connectivity index (χ0n) is 25.3. The van der Waals surface area contributed by atoms with E-state index in [0.29, 0.717) is 23.6 Å². The number of aliphatic hydroxyl groups is 1. The van der Waals surface area contributed by atoms with Crippen molar-refractivity contribution in [2.75, 3.05) is 44.9 Å². The lowest BCUT2D eigenvalue weighted by Crippen LogP contribution is -2.47. The number of aliphatic hydroxyl groups excluding tert-OH is 1. The Kier molecular flexibility index (Phi) is 12.4. The fourth-order valence-electron chi connectivity index (χ4n) is 5.46. The summed E-state index contributed by atoms with van der Waals surface area (Å²) in [4.78, 5) is 28.7. The predicted octanol–water partition coefficient (Wildman–Crippen LogP) is 3.89. The molecule has 1 saturated carbocycles. The first-order valence-corrected chi connectivity index (χ1v) is 16.8. The van der Waals surface area contributed by atoms with E-state index in [4.69, 9.17) is 9.47 Å². The minimum Gasteiger partial charge on any atom is -0.490 e. The summed E-state index contributed by atoms with van der Waals surface area (Å²) in [5.74, 6) is -0.198. The van der Waals surface area contributed by atoms with Gasteiger partial charge in [-0.05, 0) is 64.2 Å². The lowest BCUT2D eigenvalue weighted by molar-refractivity contribution is -0.120. The molecule has 41 heavy (non-hydrogen) atoms. The monoisotopic (exact) mass is 595 g/mol. The molecule has 0 unspecified atom stereocenters. The number of fused-ring (bicyclic) bond motifs is 1. The van der Waals surface area contributed by atoms with Gasteiger partial charge in [-0.2, -0.15) is 0 Å². The number of anilines is 1. The number of nitrogens with zero attached hydrogens (tertiary/aromatic N) is 2. The highest BCUT2D eigenvalue weighted by Gasteiger charge is 2.31. The third kappa shape index (κ3) is 9.66. The highest BCUT2D eigenvalue weighted by atomic mass is 32.2. The van der Waals surface area contributed by atoms with Crippen LogP contribution < -0.4 is 10.1 Å². The fraction of sp³-hybridized carbons (Fsp3) is 0.733. The van der Waals surface area contributed by atoms with Gasteiger partial charge in [-0.3, -0.25) is 9.59 Å². The molecular weight excluding hydrogens is 546 g/mol. The maximum absolute atomic E-state index is 14.2. The van der Waals surface area contributed by atoms with Crippen molar-refractivity contribution < 1.29 is 32.6 Å². The Hall–Kier alpha value is -2.21. The summed E-state index contributed by atoms with van der Waals surface area (Å²) in [5.41, 5.74) is 0.847. The third-order valence-corrected chi connectivity index (χ3v) is 9.58. The van der Waals surface area contributed by atoms with E-state index in [9.17, 15) is 23.1 Å². The predicted molar refractivity (Wildman–Crippen MR) is 160 cm³/mol. The molecule has 1 aliphatic carbocycles. The van der Waals surface area contributed by atoms with E-state index in [1.807, 2.05) is 13.8 Å². The number of hydrogen-bond acceptors (Lipinski definition) is 7. The zero-order valence-corrected chi connectivity index (χ0v) is 26.1. The number of carbonyl (C=O) groups excluding carboxylic acids is 2. The molecule has 1 heterocycles. The van der Waals surface area contributed by atoms with Crippen LogP contribution in [0.25, 0.3) is 0 Å². The van der Waals surface area contributed by atoms with Crippen molar-refractivity contribution in [3.05, 3.63) is 23.8 Å². The Morgan fingerprint density at radius 1 is 1.15 bits per heavy atom. The lowest BCUT2D eigenvalue weighted by Gasteiger charge is -2.35. The third-order valence-electron chi connectivity index (χ3n) is 8.30. The molecular formula is C30H49N3O7S. The first-order valence-electron chi connectivity index (χ1n) is 15.0. The van der Waals surface area contributed by atoms with Crippen LogP contribution in [-0.4, -0.2) is 92.4 Å². The molecule has 0 bridgehead atoms. The van der Waals surface area contributed by atoms with Crippen LogP contribution in [0.4, 0.5) is 5.69 Å². The average molecular weight is 596 g/mol.